The highest BCUT2D eigenvalue weighted by Crippen LogP contribution is 2.53. The molecule has 4 aliphatic carbocycles. The van der Waals surface area contributed by atoms with Gasteiger partial charge in [-0.05, 0) is 80.4 Å². The number of benzene rings is 1. The molecule has 0 spiro atoms. The zero-order chi connectivity index (χ0) is 15.8. The van der Waals surface area contributed by atoms with E-state index in [1.54, 1.807) is 0 Å². The van der Waals surface area contributed by atoms with Crippen LogP contribution >= 0.6 is 11.6 Å². The van der Waals surface area contributed by atoms with Crippen molar-refractivity contribution < 1.29 is 4.74 Å². The summed E-state index contributed by atoms with van der Waals surface area (Å²) in [5.41, 5.74) is 1.21. The zero-order valence-corrected chi connectivity index (χ0v) is 14.8. The molecule has 0 amide bonds. The van der Waals surface area contributed by atoms with Gasteiger partial charge < -0.3 is 10.1 Å². The molecule has 0 radical (unpaired) electrons. The summed E-state index contributed by atoms with van der Waals surface area (Å²) in [5.74, 6) is 4.87. The Morgan fingerprint density at radius 3 is 2.43 bits per heavy atom. The first-order chi connectivity index (χ1) is 11.2. The molecule has 4 fully saturated rings. The van der Waals surface area contributed by atoms with Crippen molar-refractivity contribution in [3.05, 3.63) is 28.8 Å². The second-order valence-electron chi connectivity index (χ2n) is 7.94. The Bertz CT molecular complexity index is 531. The fourth-order valence-corrected chi connectivity index (χ4v) is 5.72. The first kappa shape index (κ1) is 15.8. The smallest absolute Gasteiger partial charge is 0.123 e. The minimum Gasteiger partial charge on any atom is -0.493 e. The molecule has 0 saturated heterocycles. The third kappa shape index (κ3) is 3.25. The molecule has 4 aliphatic rings. The lowest BCUT2D eigenvalue weighted by atomic mass is 9.54. The van der Waals surface area contributed by atoms with Gasteiger partial charge in [-0.25, -0.2) is 0 Å². The van der Waals surface area contributed by atoms with Crippen molar-refractivity contribution in [3.8, 4) is 5.75 Å². The zero-order valence-electron chi connectivity index (χ0n) is 14.1. The maximum absolute atomic E-state index is 6.21. The van der Waals surface area contributed by atoms with Crippen LogP contribution in [-0.4, -0.2) is 12.6 Å². The van der Waals surface area contributed by atoms with E-state index in [4.69, 9.17) is 16.3 Å². The Morgan fingerprint density at radius 2 is 1.78 bits per heavy atom. The molecule has 3 heteroatoms. The summed E-state index contributed by atoms with van der Waals surface area (Å²) >= 11 is 6.21. The Balaban J connectivity index is 1.43. The highest BCUT2D eigenvalue weighted by molar-refractivity contribution is 6.30. The molecule has 1 N–H and O–H groups in total. The van der Waals surface area contributed by atoms with Gasteiger partial charge in [0, 0.05) is 23.2 Å². The van der Waals surface area contributed by atoms with Crippen molar-refractivity contribution >= 4 is 11.6 Å². The average molecular weight is 334 g/mol. The van der Waals surface area contributed by atoms with Crippen LogP contribution in [0.5, 0.6) is 5.75 Å². The quantitative estimate of drug-likeness (QED) is 0.787. The third-order valence-corrected chi connectivity index (χ3v) is 6.47. The average Bonchev–Trinajstić information content (AvgIpc) is 2.53. The fourth-order valence-electron chi connectivity index (χ4n) is 5.53. The van der Waals surface area contributed by atoms with E-state index in [1.807, 2.05) is 12.1 Å². The Morgan fingerprint density at radius 1 is 1.09 bits per heavy atom. The molecule has 1 aromatic carbocycles. The van der Waals surface area contributed by atoms with E-state index < -0.39 is 0 Å². The SMILES string of the molecule is CCCOc1ccc(Cl)cc1CNC1C2CC3CC(C2)CC1C3. The molecule has 4 bridgehead atoms. The van der Waals surface area contributed by atoms with Crippen molar-refractivity contribution in [2.24, 2.45) is 23.7 Å². The summed E-state index contributed by atoms with van der Waals surface area (Å²) in [7, 11) is 0. The number of rotatable bonds is 6. The van der Waals surface area contributed by atoms with Gasteiger partial charge in [-0.3, -0.25) is 0 Å². The van der Waals surface area contributed by atoms with Crippen LogP contribution in [0.3, 0.4) is 0 Å². The van der Waals surface area contributed by atoms with Crippen molar-refractivity contribution in [1.29, 1.82) is 0 Å². The van der Waals surface area contributed by atoms with Crippen molar-refractivity contribution in [2.45, 2.75) is 58.0 Å². The van der Waals surface area contributed by atoms with Crippen LogP contribution in [0.25, 0.3) is 0 Å². The van der Waals surface area contributed by atoms with Gasteiger partial charge in [0.05, 0.1) is 6.61 Å². The monoisotopic (exact) mass is 333 g/mol. The van der Waals surface area contributed by atoms with Gasteiger partial charge in [0.1, 0.15) is 5.75 Å². The van der Waals surface area contributed by atoms with Gasteiger partial charge in [0.2, 0.25) is 0 Å². The van der Waals surface area contributed by atoms with Crippen molar-refractivity contribution in [1.82, 2.24) is 5.32 Å². The Kier molecular flexibility index (Phi) is 4.56. The molecule has 23 heavy (non-hydrogen) atoms. The van der Waals surface area contributed by atoms with E-state index in [-0.39, 0.29) is 0 Å². The number of hydrogen-bond acceptors (Lipinski definition) is 2. The van der Waals surface area contributed by atoms with Gasteiger partial charge in [-0.15, -0.1) is 0 Å². The molecule has 5 rings (SSSR count). The second kappa shape index (κ2) is 6.64. The van der Waals surface area contributed by atoms with Crippen molar-refractivity contribution in [2.75, 3.05) is 6.61 Å². The molecule has 0 aliphatic heterocycles. The maximum atomic E-state index is 6.21. The molecule has 0 aromatic heterocycles. The van der Waals surface area contributed by atoms with Crippen molar-refractivity contribution in [3.63, 3.8) is 0 Å². The predicted molar refractivity (Wildman–Crippen MR) is 94.9 cm³/mol. The van der Waals surface area contributed by atoms with Gasteiger partial charge in [-0.1, -0.05) is 18.5 Å². The largest absolute Gasteiger partial charge is 0.493 e. The number of hydrogen-bond donors (Lipinski definition) is 1. The maximum Gasteiger partial charge on any atom is 0.123 e. The number of nitrogens with one attached hydrogen (secondary N) is 1. The van der Waals surface area contributed by atoms with Crippen LogP contribution in [0.4, 0.5) is 0 Å². The van der Waals surface area contributed by atoms with Crippen LogP contribution in [0, 0.1) is 23.7 Å². The van der Waals surface area contributed by atoms with Crippen LogP contribution in [0.1, 0.15) is 51.0 Å². The van der Waals surface area contributed by atoms with Crippen LogP contribution in [-0.2, 0) is 6.54 Å². The second-order valence-corrected chi connectivity index (χ2v) is 8.37. The van der Waals surface area contributed by atoms with E-state index in [2.05, 4.69) is 18.3 Å². The minimum atomic E-state index is 0.709. The van der Waals surface area contributed by atoms with Crippen LogP contribution in [0.2, 0.25) is 5.02 Å². The number of halogens is 1. The molecule has 0 atom stereocenters. The predicted octanol–water partition coefficient (Wildman–Crippen LogP) is 5.04. The lowest BCUT2D eigenvalue weighted by Gasteiger charge is -2.54. The van der Waals surface area contributed by atoms with E-state index in [1.165, 1.54) is 37.7 Å². The molecule has 4 saturated carbocycles. The molecule has 2 nitrogen and oxygen atoms in total. The van der Waals surface area contributed by atoms with Gasteiger partial charge in [-0.2, -0.15) is 0 Å². The third-order valence-electron chi connectivity index (χ3n) is 6.24. The van der Waals surface area contributed by atoms with E-state index >= 15 is 0 Å². The summed E-state index contributed by atoms with van der Waals surface area (Å²) in [6.07, 6.45) is 8.38. The van der Waals surface area contributed by atoms with Gasteiger partial charge in [0.25, 0.3) is 0 Å². The Hall–Kier alpha value is -0.730. The molecule has 1 aromatic rings. The molecule has 126 valence electrons. The van der Waals surface area contributed by atoms with Crippen LogP contribution < -0.4 is 10.1 Å². The van der Waals surface area contributed by atoms with Gasteiger partial charge in [0.15, 0.2) is 0 Å². The van der Waals surface area contributed by atoms with Crippen LogP contribution in [0.15, 0.2) is 18.2 Å². The molecular weight excluding hydrogens is 306 g/mol. The number of ether oxygens (including phenoxy) is 1. The lowest BCUT2D eigenvalue weighted by molar-refractivity contribution is -0.0143. The van der Waals surface area contributed by atoms with E-state index in [0.29, 0.717) is 6.04 Å². The first-order valence-corrected chi connectivity index (χ1v) is 9.75. The summed E-state index contributed by atoms with van der Waals surface area (Å²) < 4.78 is 5.90. The molecule has 0 heterocycles. The summed E-state index contributed by atoms with van der Waals surface area (Å²) in [6.45, 7) is 3.79. The minimum absolute atomic E-state index is 0.709. The Labute approximate surface area is 144 Å². The lowest BCUT2D eigenvalue weighted by Crippen LogP contribution is -2.54. The first-order valence-electron chi connectivity index (χ1n) is 9.37. The topological polar surface area (TPSA) is 21.3 Å². The molecule has 0 unspecified atom stereocenters. The van der Waals surface area contributed by atoms with Gasteiger partial charge >= 0.3 is 0 Å². The summed E-state index contributed by atoms with van der Waals surface area (Å²) in [6, 6.07) is 6.72. The summed E-state index contributed by atoms with van der Waals surface area (Å²) in [5, 5.41) is 4.69. The molecular formula is C20H28ClNO. The highest BCUT2D eigenvalue weighted by atomic mass is 35.5. The van der Waals surface area contributed by atoms with E-state index in [0.717, 1.165) is 54.0 Å². The fraction of sp³-hybridized carbons (Fsp3) is 0.700. The normalized spacial score (nSPS) is 34.8. The summed E-state index contributed by atoms with van der Waals surface area (Å²) in [4.78, 5) is 0. The standard InChI is InChI=1S/C20H28ClNO/c1-2-5-23-19-4-3-18(21)11-17(19)12-22-20-15-7-13-6-14(9-15)10-16(20)8-13/h3-4,11,13-16,20,22H,2,5-10,12H2,1H3. The van der Waals surface area contributed by atoms with E-state index in [9.17, 15) is 0 Å². The highest BCUT2D eigenvalue weighted by Gasteiger charge is 2.47.